The molecule has 1 aromatic carbocycles. The average Bonchev–Trinajstić information content (AvgIpc) is 3.60. The molecule has 3 fully saturated rings. The summed E-state index contributed by atoms with van der Waals surface area (Å²) in [6, 6.07) is 5.85. The predicted molar refractivity (Wildman–Crippen MR) is 113 cm³/mol. The van der Waals surface area contributed by atoms with Crippen molar-refractivity contribution in [2.75, 3.05) is 37.6 Å². The molecular weight excluding hydrogens is 382 g/mol. The fraction of sp³-hybridized carbons (Fsp3) is 0.545. The van der Waals surface area contributed by atoms with Crippen molar-refractivity contribution in [3.8, 4) is 0 Å². The van der Waals surface area contributed by atoms with E-state index in [1.807, 2.05) is 23.1 Å². The molecule has 5 rings (SSSR count). The molecule has 2 saturated heterocycles. The third kappa shape index (κ3) is 3.78. The molecule has 1 aromatic heterocycles. The summed E-state index contributed by atoms with van der Waals surface area (Å²) in [5.74, 6) is 0.709. The summed E-state index contributed by atoms with van der Waals surface area (Å²) in [5, 5.41) is 3.46. The van der Waals surface area contributed by atoms with Gasteiger partial charge in [-0.1, -0.05) is 0 Å². The number of nitrogens with zero attached hydrogens (tertiary/aromatic N) is 4. The number of hydrogen-bond acceptors (Lipinski definition) is 5. The second-order valence-corrected chi connectivity index (χ2v) is 8.70. The van der Waals surface area contributed by atoms with Gasteiger partial charge in [0.05, 0.1) is 23.1 Å². The normalized spacial score (nSPS) is 22.3. The lowest BCUT2D eigenvalue weighted by Crippen LogP contribution is -2.52. The Bertz CT molecular complexity index is 1030. The van der Waals surface area contributed by atoms with Crippen molar-refractivity contribution in [2.45, 2.75) is 32.2 Å². The number of nitrogens with one attached hydrogen (secondary N) is 1. The first-order valence-corrected chi connectivity index (χ1v) is 10.9. The van der Waals surface area contributed by atoms with E-state index in [1.54, 1.807) is 10.9 Å². The van der Waals surface area contributed by atoms with E-state index in [9.17, 15) is 14.4 Å². The van der Waals surface area contributed by atoms with Crippen LogP contribution in [0.2, 0.25) is 0 Å². The van der Waals surface area contributed by atoms with Gasteiger partial charge in [-0.2, -0.15) is 0 Å². The summed E-state index contributed by atoms with van der Waals surface area (Å²) >= 11 is 0. The van der Waals surface area contributed by atoms with Gasteiger partial charge >= 0.3 is 0 Å². The second kappa shape index (κ2) is 7.74. The molecular formula is C22H27N5O3. The summed E-state index contributed by atoms with van der Waals surface area (Å²) in [6.45, 7) is 4.04. The number of amides is 2. The minimum atomic E-state index is -0.100. The Morgan fingerprint density at radius 2 is 1.90 bits per heavy atom. The lowest BCUT2D eigenvalue weighted by atomic mass is 9.97. The fourth-order valence-corrected chi connectivity index (χ4v) is 4.44. The van der Waals surface area contributed by atoms with E-state index in [1.165, 1.54) is 12.8 Å². The van der Waals surface area contributed by atoms with Crippen molar-refractivity contribution in [2.24, 2.45) is 11.8 Å². The largest absolute Gasteiger partial charge is 0.368 e. The molecule has 2 amide bonds. The fourth-order valence-electron chi connectivity index (χ4n) is 4.44. The third-order valence-corrected chi connectivity index (χ3v) is 6.53. The number of carbonyl (C=O) groups is 2. The summed E-state index contributed by atoms with van der Waals surface area (Å²) in [6.07, 6.45) is 5.15. The maximum absolute atomic E-state index is 12.7. The first kappa shape index (κ1) is 19.1. The highest BCUT2D eigenvalue weighted by molar-refractivity contribution is 5.84. The summed E-state index contributed by atoms with van der Waals surface area (Å²) < 4.78 is 1.73. The SMILES string of the molecule is O=C1CCC(C(=O)N2CCN(c3ccc4c(=O)n(CC5CC5)cnc4c3)CC2)CN1. The van der Waals surface area contributed by atoms with Crippen LogP contribution < -0.4 is 15.8 Å². The van der Waals surface area contributed by atoms with Crippen LogP contribution in [0.5, 0.6) is 0 Å². The molecule has 2 aromatic rings. The molecule has 2 aliphatic heterocycles. The first-order valence-electron chi connectivity index (χ1n) is 10.9. The minimum Gasteiger partial charge on any atom is -0.368 e. The zero-order valence-corrected chi connectivity index (χ0v) is 17.0. The number of piperidine rings is 1. The Kier molecular flexibility index (Phi) is 4.92. The number of carbonyl (C=O) groups excluding carboxylic acids is 2. The van der Waals surface area contributed by atoms with Crippen molar-refractivity contribution in [3.63, 3.8) is 0 Å². The maximum atomic E-state index is 12.7. The Labute approximate surface area is 174 Å². The van der Waals surface area contributed by atoms with Gasteiger partial charge in [0, 0.05) is 51.4 Å². The molecule has 1 atom stereocenters. The molecule has 0 radical (unpaired) electrons. The molecule has 3 aliphatic rings. The van der Waals surface area contributed by atoms with Crippen LogP contribution in [0, 0.1) is 11.8 Å². The molecule has 1 N–H and O–H groups in total. The van der Waals surface area contributed by atoms with Crippen LogP contribution in [0.4, 0.5) is 5.69 Å². The van der Waals surface area contributed by atoms with E-state index < -0.39 is 0 Å². The standard InChI is InChI=1S/C22H27N5O3/c28-20-6-3-16(12-23-20)21(29)26-9-7-25(8-10-26)17-4-5-18-19(11-17)24-14-27(22(18)30)13-15-1-2-15/h4-5,11,14-16H,1-3,6-10,12-13H2,(H,23,28). The van der Waals surface area contributed by atoms with Crippen molar-refractivity contribution < 1.29 is 9.59 Å². The van der Waals surface area contributed by atoms with Gasteiger partial charge in [-0.25, -0.2) is 4.98 Å². The van der Waals surface area contributed by atoms with Crippen molar-refractivity contribution >= 4 is 28.4 Å². The molecule has 8 heteroatoms. The Balaban J connectivity index is 1.25. The highest BCUT2D eigenvalue weighted by Gasteiger charge is 2.30. The van der Waals surface area contributed by atoms with E-state index in [0.29, 0.717) is 43.8 Å². The molecule has 0 bridgehead atoms. The van der Waals surface area contributed by atoms with Gasteiger partial charge in [0.2, 0.25) is 11.8 Å². The van der Waals surface area contributed by atoms with Crippen molar-refractivity contribution in [1.82, 2.24) is 19.8 Å². The Morgan fingerprint density at radius 1 is 1.10 bits per heavy atom. The van der Waals surface area contributed by atoms with E-state index in [4.69, 9.17) is 0 Å². The lowest BCUT2D eigenvalue weighted by Gasteiger charge is -2.38. The highest BCUT2D eigenvalue weighted by atomic mass is 16.2. The van der Waals surface area contributed by atoms with E-state index in [0.717, 1.165) is 30.8 Å². The van der Waals surface area contributed by atoms with Gasteiger partial charge in [-0.3, -0.25) is 19.0 Å². The zero-order valence-electron chi connectivity index (χ0n) is 17.0. The maximum Gasteiger partial charge on any atom is 0.261 e. The third-order valence-electron chi connectivity index (χ3n) is 6.53. The van der Waals surface area contributed by atoms with Crippen LogP contribution in [-0.2, 0) is 16.1 Å². The monoisotopic (exact) mass is 409 g/mol. The molecule has 8 nitrogen and oxygen atoms in total. The van der Waals surface area contributed by atoms with E-state index in [-0.39, 0.29) is 23.3 Å². The van der Waals surface area contributed by atoms with Gasteiger partial charge in [-0.05, 0) is 43.4 Å². The van der Waals surface area contributed by atoms with Gasteiger partial charge < -0.3 is 15.1 Å². The van der Waals surface area contributed by atoms with E-state index >= 15 is 0 Å². The summed E-state index contributed by atoms with van der Waals surface area (Å²) in [5.41, 5.74) is 1.79. The number of rotatable bonds is 4. The number of anilines is 1. The van der Waals surface area contributed by atoms with Crippen LogP contribution in [0.1, 0.15) is 25.7 Å². The zero-order chi connectivity index (χ0) is 20.7. The van der Waals surface area contributed by atoms with Crippen LogP contribution in [0.3, 0.4) is 0 Å². The summed E-state index contributed by atoms with van der Waals surface area (Å²) in [7, 11) is 0. The molecule has 30 heavy (non-hydrogen) atoms. The van der Waals surface area contributed by atoms with Crippen LogP contribution in [0.25, 0.3) is 10.9 Å². The lowest BCUT2D eigenvalue weighted by molar-refractivity contribution is -0.137. The van der Waals surface area contributed by atoms with Crippen LogP contribution >= 0.6 is 0 Å². The number of fused-ring (bicyclic) bond motifs is 1. The Morgan fingerprint density at radius 3 is 2.60 bits per heavy atom. The minimum absolute atomic E-state index is 0.0353. The molecule has 3 heterocycles. The van der Waals surface area contributed by atoms with Gasteiger partial charge in [0.25, 0.3) is 5.56 Å². The van der Waals surface area contributed by atoms with Gasteiger partial charge in [-0.15, -0.1) is 0 Å². The van der Waals surface area contributed by atoms with Crippen LogP contribution in [-0.4, -0.2) is 59.0 Å². The molecule has 1 saturated carbocycles. The summed E-state index contributed by atoms with van der Waals surface area (Å²) in [4.78, 5) is 45.4. The molecule has 1 unspecified atom stereocenters. The smallest absolute Gasteiger partial charge is 0.261 e. The van der Waals surface area contributed by atoms with E-state index in [2.05, 4.69) is 15.2 Å². The van der Waals surface area contributed by atoms with Crippen molar-refractivity contribution in [1.29, 1.82) is 0 Å². The Hall–Kier alpha value is -2.90. The van der Waals surface area contributed by atoms with Crippen molar-refractivity contribution in [3.05, 3.63) is 34.9 Å². The first-order chi connectivity index (χ1) is 14.6. The predicted octanol–water partition coefficient (Wildman–Crippen LogP) is 0.981. The van der Waals surface area contributed by atoms with Gasteiger partial charge in [0.1, 0.15) is 0 Å². The quantitative estimate of drug-likeness (QED) is 0.814. The molecule has 158 valence electrons. The number of piperazine rings is 1. The second-order valence-electron chi connectivity index (χ2n) is 8.70. The molecule has 0 spiro atoms. The number of hydrogen-bond donors (Lipinski definition) is 1. The number of benzene rings is 1. The van der Waals surface area contributed by atoms with Crippen LogP contribution in [0.15, 0.2) is 29.3 Å². The topological polar surface area (TPSA) is 87.5 Å². The average molecular weight is 409 g/mol. The number of aromatic nitrogens is 2. The highest BCUT2D eigenvalue weighted by Crippen LogP contribution is 2.30. The molecule has 1 aliphatic carbocycles. The van der Waals surface area contributed by atoms with Gasteiger partial charge in [0.15, 0.2) is 0 Å².